The number of hydrogen-bond donors (Lipinski definition) is 0. The molecule has 0 aliphatic rings. The molecule has 3 aromatic rings. The van der Waals surface area contributed by atoms with Crippen molar-refractivity contribution < 1.29 is 9.18 Å². The Morgan fingerprint density at radius 3 is 2.31 bits per heavy atom. The standard InChI is InChI=1S/C21H22FN3O/c1-4-16-5-7-17(8-6-16)14-24(3)21(26)20-13-23-25(15(20)2)19-11-9-18(22)10-12-19/h5-13H,4,14H2,1-3H3. The molecule has 2 aromatic carbocycles. The van der Waals surface area contributed by atoms with Gasteiger partial charge in [-0.25, -0.2) is 9.07 Å². The molecule has 1 amide bonds. The van der Waals surface area contributed by atoms with E-state index in [1.165, 1.54) is 17.7 Å². The lowest BCUT2D eigenvalue weighted by Gasteiger charge is -2.17. The Hall–Kier alpha value is -2.95. The molecular weight excluding hydrogens is 329 g/mol. The molecule has 0 radical (unpaired) electrons. The van der Waals surface area contributed by atoms with E-state index in [9.17, 15) is 9.18 Å². The van der Waals surface area contributed by atoms with Gasteiger partial charge >= 0.3 is 0 Å². The van der Waals surface area contributed by atoms with Gasteiger partial charge in [-0.1, -0.05) is 31.2 Å². The maximum atomic E-state index is 13.1. The van der Waals surface area contributed by atoms with E-state index in [0.717, 1.165) is 23.4 Å². The van der Waals surface area contributed by atoms with Crippen molar-refractivity contribution in [3.8, 4) is 5.69 Å². The Balaban J connectivity index is 1.77. The zero-order chi connectivity index (χ0) is 18.7. The van der Waals surface area contributed by atoms with Crippen molar-refractivity contribution in [2.24, 2.45) is 0 Å². The van der Waals surface area contributed by atoms with Crippen LogP contribution in [0.4, 0.5) is 4.39 Å². The van der Waals surface area contributed by atoms with Crippen LogP contribution < -0.4 is 0 Å². The molecule has 0 saturated heterocycles. The van der Waals surface area contributed by atoms with Crippen LogP contribution in [0.1, 0.15) is 34.1 Å². The third-order valence-electron chi connectivity index (χ3n) is 4.51. The monoisotopic (exact) mass is 351 g/mol. The predicted octanol–water partition coefficient (Wildman–Crippen LogP) is 4.15. The van der Waals surface area contributed by atoms with Crippen molar-refractivity contribution in [1.29, 1.82) is 0 Å². The second kappa shape index (κ2) is 7.52. The van der Waals surface area contributed by atoms with Gasteiger partial charge in [0.05, 0.1) is 23.1 Å². The molecule has 26 heavy (non-hydrogen) atoms. The van der Waals surface area contributed by atoms with Gasteiger partial charge in [0.15, 0.2) is 0 Å². The minimum atomic E-state index is -0.302. The molecular formula is C21H22FN3O. The third-order valence-corrected chi connectivity index (χ3v) is 4.51. The number of aryl methyl sites for hydroxylation is 1. The average molecular weight is 351 g/mol. The van der Waals surface area contributed by atoms with E-state index in [4.69, 9.17) is 0 Å². The summed E-state index contributed by atoms with van der Waals surface area (Å²) < 4.78 is 14.8. The SMILES string of the molecule is CCc1ccc(CN(C)C(=O)c2cnn(-c3ccc(F)cc3)c2C)cc1. The summed E-state index contributed by atoms with van der Waals surface area (Å²) in [5.74, 6) is -0.390. The predicted molar refractivity (Wildman–Crippen MR) is 99.9 cm³/mol. The van der Waals surface area contributed by atoms with Crippen LogP contribution in [0.25, 0.3) is 5.69 Å². The van der Waals surface area contributed by atoms with Gasteiger partial charge in [0.1, 0.15) is 5.82 Å². The smallest absolute Gasteiger partial charge is 0.257 e. The average Bonchev–Trinajstić information content (AvgIpc) is 3.03. The van der Waals surface area contributed by atoms with Crippen molar-refractivity contribution in [1.82, 2.24) is 14.7 Å². The first kappa shape index (κ1) is 17.9. The summed E-state index contributed by atoms with van der Waals surface area (Å²) in [6.45, 7) is 4.49. The first-order valence-corrected chi connectivity index (χ1v) is 8.63. The van der Waals surface area contributed by atoms with E-state index in [1.807, 2.05) is 6.92 Å². The van der Waals surface area contributed by atoms with E-state index in [0.29, 0.717) is 12.1 Å². The van der Waals surface area contributed by atoms with Crippen LogP contribution in [0.3, 0.4) is 0 Å². The molecule has 1 heterocycles. The van der Waals surface area contributed by atoms with Crippen LogP contribution >= 0.6 is 0 Å². The number of carbonyl (C=O) groups is 1. The highest BCUT2D eigenvalue weighted by molar-refractivity contribution is 5.95. The van der Waals surface area contributed by atoms with Gasteiger partial charge in [0.2, 0.25) is 0 Å². The molecule has 1 aromatic heterocycles. The normalized spacial score (nSPS) is 10.8. The molecule has 0 aliphatic heterocycles. The van der Waals surface area contributed by atoms with Crippen LogP contribution in [-0.4, -0.2) is 27.6 Å². The summed E-state index contributed by atoms with van der Waals surface area (Å²) in [5.41, 5.74) is 4.36. The maximum Gasteiger partial charge on any atom is 0.257 e. The highest BCUT2D eigenvalue weighted by Crippen LogP contribution is 2.17. The number of halogens is 1. The van der Waals surface area contributed by atoms with Crippen molar-refractivity contribution in [2.75, 3.05) is 7.05 Å². The maximum absolute atomic E-state index is 13.1. The fraction of sp³-hybridized carbons (Fsp3) is 0.238. The number of benzene rings is 2. The summed E-state index contributed by atoms with van der Waals surface area (Å²) >= 11 is 0. The molecule has 0 aliphatic carbocycles. The van der Waals surface area contributed by atoms with Crippen LogP contribution in [0, 0.1) is 12.7 Å². The lowest BCUT2D eigenvalue weighted by atomic mass is 10.1. The molecule has 134 valence electrons. The minimum Gasteiger partial charge on any atom is -0.337 e. The van der Waals surface area contributed by atoms with E-state index >= 15 is 0 Å². The molecule has 0 N–H and O–H groups in total. The molecule has 0 atom stereocenters. The quantitative estimate of drug-likeness (QED) is 0.692. The first-order chi connectivity index (χ1) is 12.5. The molecule has 0 spiro atoms. The Bertz CT molecular complexity index is 898. The van der Waals surface area contributed by atoms with Gasteiger partial charge in [0, 0.05) is 13.6 Å². The number of amides is 1. The molecule has 3 rings (SSSR count). The second-order valence-electron chi connectivity index (χ2n) is 6.36. The summed E-state index contributed by atoms with van der Waals surface area (Å²) in [7, 11) is 1.78. The Morgan fingerprint density at radius 2 is 1.69 bits per heavy atom. The molecule has 0 saturated carbocycles. The third kappa shape index (κ3) is 3.67. The van der Waals surface area contributed by atoms with Crippen LogP contribution in [0.5, 0.6) is 0 Å². The highest BCUT2D eigenvalue weighted by atomic mass is 19.1. The zero-order valence-electron chi connectivity index (χ0n) is 15.2. The summed E-state index contributed by atoms with van der Waals surface area (Å²) in [4.78, 5) is 14.5. The van der Waals surface area contributed by atoms with Gasteiger partial charge < -0.3 is 4.90 Å². The van der Waals surface area contributed by atoms with Crippen molar-refractivity contribution in [3.63, 3.8) is 0 Å². The molecule has 0 fully saturated rings. The summed E-state index contributed by atoms with van der Waals surface area (Å²) in [6.07, 6.45) is 2.56. The zero-order valence-corrected chi connectivity index (χ0v) is 15.2. The van der Waals surface area contributed by atoms with Gasteiger partial charge in [-0.2, -0.15) is 5.10 Å². The van der Waals surface area contributed by atoms with Gasteiger partial charge in [-0.3, -0.25) is 4.79 Å². The van der Waals surface area contributed by atoms with E-state index in [-0.39, 0.29) is 11.7 Å². The van der Waals surface area contributed by atoms with Crippen LogP contribution in [0.15, 0.2) is 54.7 Å². The molecule has 0 unspecified atom stereocenters. The lowest BCUT2D eigenvalue weighted by Crippen LogP contribution is -2.26. The van der Waals surface area contributed by atoms with Crippen molar-refractivity contribution >= 4 is 5.91 Å². The Labute approximate surface area is 152 Å². The fourth-order valence-electron chi connectivity index (χ4n) is 2.89. The summed E-state index contributed by atoms with van der Waals surface area (Å²) in [6, 6.07) is 14.3. The van der Waals surface area contributed by atoms with E-state index < -0.39 is 0 Å². The number of rotatable bonds is 5. The number of nitrogens with zero attached hydrogens (tertiary/aromatic N) is 3. The fourth-order valence-corrected chi connectivity index (χ4v) is 2.89. The number of aromatic nitrogens is 2. The van der Waals surface area contributed by atoms with Crippen LogP contribution in [0.2, 0.25) is 0 Å². The van der Waals surface area contributed by atoms with E-state index in [1.54, 1.807) is 35.0 Å². The number of hydrogen-bond acceptors (Lipinski definition) is 2. The minimum absolute atomic E-state index is 0.0876. The molecule has 0 bridgehead atoms. The van der Waals surface area contributed by atoms with Crippen LogP contribution in [-0.2, 0) is 13.0 Å². The molecule has 4 nitrogen and oxygen atoms in total. The Kier molecular flexibility index (Phi) is 5.16. The highest BCUT2D eigenvalue weighted by Gasteiger charge is 2.19. The molecule has 5 heteroatoms. The lowest BCUT2D eigenvalue weighted by molar-refractivity contribution is 0.0784. The van der Waals surface area contributed by atoms with Crippen molar-refractivity contribution in [2.45, 2.75) is 26.8 Å². The van der Waals surface area contributed by atoms with Gasteiger partial charge in [0.25, 0.3) is 5.91 Å². The van der Waals surface area contributed by atoms with Gasteiger partial charge in [-0.05, 0) is 48.7 Å². The largest absolute Gasteiger partial charge is 0.337 e. The van der Waals surface area contributed by atoms with Crippen molar-refractivity contribution in [3.05, 3.63) is 82.9 Å². The van der Waals surface area contributed by atoms with Gasteiger partial charge in [-0.15, -0.1) is 0 Å². The number of carbonyl (C=O) groups excluding carboxylic acids is 1. The second-order valence-corrected chi connectivity index (χ2v) is 6.36. The van der Waals surface area contributed by atoms with E-state index in [2.05, 4.69) is 36.3 Å². The first-order valence-electron chi connectivity index (χ1n) is 8.63. The summed E-state index contributed by atoms with van der Waals surface area (Å²) in [5, 5.41) is 4.30. The topological polar surface area (TPSA) is 38.1 Å². The Morgan fingerprint density at radius 1 is 1.08 bits per heavy atom.